The quantitative estimate of drug-likeness (QED) is 0.166. The van der Waals surface area contributed by atoms with Crippen molar-refractivity contribution in [3.63, 3.8) is 0 Å². The molecule has 0 saturated carbocycles. The molecule has 6 heteroatoms. The van der Waals surface area contributed by atoms with Gasteiger partial charge in [0.2, 0.25) is 0 Å². The number of hydrogen-bond donors (Lipinski definition) is 1. The van der Waals surface area contributed by atoms with E-state index in [0.717, 1.165) is 51.0 Å². The fourth-order valence-electron chi connectivity index (χ4n) is 4.38. The second-order valence-corrected chi connectivity index (χ2v) is 10.0. The van der Waals surface area contributed by atoms with Gasteiger partial charge in [-0.05, 0) is 65.0 Å². The highest BCUT2D eigenvalue weighted by Gasteiger charge is 2.40. The molecule has 198 valence electrons. The van der Waals surface area contributed by atoms with Crippen molar-refractivity contribution in [3.8, 4) is 0 Å². The van der Waals surface area contributed by atoms with Crippen LogP contribution in [0.25, 0.3) is 0 Å². The van der Waals surface area contributed by atoms with Crippen LogP contribution in [0.4, 0.5) is 13.2 Å². The molecular weight excluding hydrogens is 441 g/mol. The average molecular weight is 489 g/mol. The first kappa shape index (κ1) is 30.9. The van der Waals surface area contributed by atoms with Gasteiger partial charge in [-0.3, -0.25) is 0 Å². The Hall–Kier alpha value is -1.11. The zero-order chi connectivity index (χ0) is 25.6. The van der Waals surface area contributed by atoms with Crippen molar-refractivity contribution in [1.82, 2.24) is 0 Å². The summed E-state index contributed by atoms with van der Waals surface area (Å²) in [7, 11) is 0. The average Bonchev–Trinajstić information content (AvgIpc) is 2.72. The molecule has 0 aliphatic rings. The molecule has 1 unspecified atom stereocenters. The molecule has 3 nitrogen and oxygen atoms in total. The maximum Gasteiger partial charge on any atom is 0.416 e. The van der Waals surface area contributed by atoms with Crippen LogP contribution < -0.4 is 0 Å². The van der Waals surface area contributed by atoms with Crippen LogP contribution in [0.1, 0.15) is 116 Å². The molecule has 0 spiro atoms. The number of aryl methyl sites for hydroxylation is 1. The minimum atomic E-state index is -4.31. The van der Waals surface area contributed by atoms with Gasteiger partial charge in [0.05, 0.1) is 17.8 Å². The van der Waals surface area contributed by atoms with Crippen molar-refractivity contribution in [3.05, 3.63) is 35.4 Å². The maximum atomic E-state index is 12.9. The summed E-state index contributed by atoms with van der Waals surface area (Å²) in [4.78, 5) is 0. The molecule has 0 amide bonds. The molecule has 1 rings (SSSR count). The first-order valence-corrected chi connectivity index (χ1v) is 13.2. The summed E-state index contributed by atoms with van der Waals surface area (Å²) >= 11 is 0. The topological polar surface area (TPSA) is 38.7 Å². The number of halogens is 3. The number of unbranched alkanes of at least 4 members (excludes halogenated alkanes) is 7. The van der Waals surface area contributed by atoms with Gasteiger partial charge in [-0.25, -0.2) is 0 Å². The Kier molecular flexibility index (Phi) is 14.4. The summed E-state index contributed by atoms with van der Waals surface area (Å²) in [6.45, 7) is 9.78. The van der Waals surface area contributed by atoms with Crippen LogP contribution in [-0.2, 0) is 22.1 Å². The van der Waals surface area contributed by atoms with E-state index in [4.69, 9.17) is 9.47 Å². The number of alkyl halides is 3. The third kappa shape index (κ3) is 12.6. The van der Waals surface area contributed by atoms with E-state index in [0.29, 0.717) is 12.0 Å². The smallest absolute Gasteiger partial charge is 0.343 e. The lowest BCUT2D eigenvalue weighted by atomic mass is 9.91. The molecule has 0 radical (unpaired) electrons. The van der Waals surface area contributed by atoms with Gasteiger partial charge in [-0.1, -0.05) is 76.5 Å². The van der Waals surface area contributed by atoms with E-state index in [-0.39, 0.29) is 18.1 Å². The molecule has 0 fully saturated rings. The van der Waals surface area contributed by atoms with Gasteiger partial charge >= 0.3 is 6.18 Å². The molecule has 34 heavy (non-hydrogen) atoms. The predicted octanol–water partition coefficient (Wildman–Crippen LogP) is 8.67. The minimum absolute atomic E-state index is 0.142. The van der Waals surface area contributed by atoms with E-state index >= 15 is 0 Å². The van der Waals surface area contributed by atoms with Crippen LogP contribution in [0.15, 0.2) is 24.3 Å². The Labute approximate surface area is 205 Å². The van der Waals surface area contributed by atoms with Crippen molar-refractivity contribution in [2.75, 3.05) is 0 Å². The number of benzene rings is 1. The Balaban J connectivity index is 2.66. The Morgan fingerprint density at radius 1 is 0.794 bits per heavy atom. The summed E-state index contributed by atoms with van der Waals surface area (Å²) in [5.74, 6) is -1.76. The van der Waals surface area contributed by atoms with Gasteiger partial charge < -0.3 is 14.6 Å². The van der Waals surface area contributed by atoms with E-state index < -0.39 is 17.7 Å². The van der Waals surface area contributed by atoms with Crippen LogP contribution in [0.3, 0.4) is 0 Å². The van der Waals surface area contributed by atoms with E-state index in [9.17, 15) is 18.3 Å². The van der Waals surface area contributed by atoms with E-state index in [2.05, 4.69) is 6.92 Å². The third-order valence-electron chi connectivity index (χ3n) is 6.00. The van der Waals surface area contributed by atoms with Gasteiger partial charge in [0, 0.05) is 5.92 Å². The van der Waals surface area contributed by atoms with Crippen molar-refractivity contribution < 1.29 is 27.8 Å². The third-order valence-corrected chi connectivity index (χ3v) is 6.00. The number of aliphatic hydroxyl groups is 1. The van der Waals surface area contributed by atoms with Gasteiger partial charge in [0.1, 0.15) is 0 Å². The van der Waals surface area contributed by atoms with Crippen molar-refractivity contribution >= 4 is 0 Å². The minimum Gasteiger partial charge on any atom is -0.343 e. The first-order chi connectivity index (χ1) is 16.0. The number of ether oxygens (including phenoxy) is 2. The Bertz CT molecular complexity index is 649. The molecule has 0 aliphatic carbocycles. The first-order valence-electron chi connectivity index (χ1n) is 13.2. The van der Waals surface area contributed by atoms with Crippen LogP contribution in [0.5, 0.6) is 0 Å². The standard InChI is InChI=1S/C28H47F3O3/c1-6-7-8-9-10-13-18-25(28(32,33-22(2)3)34-23(4)5)19-14-11-12-16-24-17-15-20-26(21-24)27(29,30)31/h15,17,20-23,25,32H,6-14,16,18-19H2,1-5H3. The second-order valence-electron chi connectivity index (χ2n) is 10.0. The van der Waals surface area contributed by atoms with Gasteiger partial charge in [-0.15, -0.1) is 0 Å². The summed E-state index contributed by atoms with van der Waals surface area (Å²) < 4.78 is 50.6. The van der Waals surface area contributed by atoms with E-state index in [1.165, 1.54) is 37.8 Å². The zero-order valence-electron chi connectivity index (χ0n) is 21.9. The lowest BCUT2D eigenvalue weighted by Crippen LogP contribution is -2.47. The lowest BCUT2D eigenvalue weighted by molar-refractivity contribution is -0.407. The van der Waals surface area contributed by atoms with Crippen LogP contribution in [0, 0.1) is 5.92 Å². The number of hydrogen-bond acceptors (Lipinski definition) is 3. The molecule has 1 N–H and O–H groups in total. The Morgan fingerprint density at radius 3 is 1.85 bits per heavy atom. The molecular formula is C28H47F3O3. The highest BCUT2D eigenvalue weighted by Crippen LogP contribution is 2.34. The summed E-state index contributed by atoms with van der Waals surface area (Å²) in [6.07, 6.45) is 7.16. The summed E-state index contributed by atoms with van der Waals surface area (Å²) in [5.41, 5.74) is 0.118. The molecule has 0 heterocycles. The summed E-state index contributed by atoms with van der Waals surface area (Å²) in [6, 6.07) is 5.58. The fourth-order valence-corrected chi connectivity index (χ4v) is 4.38. The van der Waals surface area contributed by atoms with E-state index in [1.807, 2.05) is 27.7 Å². The van der Waals surface area contributed by atoms with Crippen molar-refractivity contribution in [1.29, 1.82) is 0 Å². The highest BCUT2D eigenvalue weighted by atomic mass is 19.4. The van der Waals surface area contributed by atoms with Crippen LogP contribution in [0.2, 0.25) is 0 Å². The van der Waals surface area contributed by atoms with Crippen molar-refractivity contribution in [2.24, 2.45) is 5.92 Å². The monoisotopic (exact) mass is 488 g/mol. The summed E-state index contributed by atoms with van der Waals surface area (Å²) in [5, 5.41) is 11.3. The van der Waals surface area contributed by atoms with Gasteiger partial charge in [0.25, 0.3) is 5.97 Å². The van der Waals surface area contributed by atoms with Gasteiger partial charge in [0.15, 0.2) is 0 Å². The molecule has 1 atom stereocenters. The highest BCUT2D eigenvalue weighted by molar-refractivity contribution is 5.25. The molecule has 1 aromatic carbocycles. The molecule has 0 aromatic heterocycles. The molecule has 1 aromatic rings. The second kappa shape index (κ2) is 15.8. The van der Waals surface area contributed by atoms with Crippen LogP contribution in [-0.4, -0.2) is 23.3 Å². The fraction of sp³-hybridized carbons (Fsp3) is 0.786. The van der Waals surface area contributed by atoms with Crippen LogP contribution >= 0.6 is 0 Å². The largest absolute Gasteiger partial charge is 0.416 e. The van der Waals surface area contributed by atoms with E-state index in [1.54, 1.807) is 6.07 Å². The Morgan fingerprint density at radius 2 is 1.32 bits per heavy atom. The van der Waals surface area contributed by atoms with Crippen molar-refractivity contribution in [2.45, 2.75) is 136 Å². The molecule has 0 bridgehead atoms. The number of rotatable bonds is 18. The van der Waals surface area contributed by atoms with Gasteiger partial charge in [-0.2, -0.15) is 13.2 Å². The maximum absolute atomic E-state index is 12.9. The molecule has 0 saturated heterocycles. The molecule has 0 aliphatic heterocycles. The zero-order valence-corrected chi connectivity index (χ0v) is 21.9. The lowest BCUT2D eigenvalue weighted by Gasteiger charge is -2.38. The SMILES string of the molecule is CCCCCCCCC(CCCCCc1cccc(C(F)(F)F)c1)C(O)(OC(C)C)OC(C)C. The normalized spacial score (nSPS) is 13.7. The predicted molar refractivity (Wildman–Crippen MR) is 132 cm³/mol.